The van der Waals surface area contributed by atoms with Gasteiger partial charge >= 0.3 is 5.97 Å². The molecule has 0 aliphatic heterocycles. The highest BCUT2D eigenvalue weighted by molar-refractivity contribution is 5.66. The van der Waals surface area contributed by atoms with E-state index in [0.29, 0.717) is 11.8 Å². The van der Waals surface area contributed by atoms with E-state index in [1.807, 2.05) is 0 Å². The van der Waals surface area contributed by atoms with Gasteiger partial charge in [-0.25, -0.2) is 0 Å². The van der Waals surface area contributed by atoms with Crippen molar-refractivity contribution in [2.75, 3.05) is 0 Å². The third-order valence-electron chi connectivity index (χ3n) is 5.25. The van der Waals surface area contributed by atoms with Crippen LogP contribution in [0, 0.1) is 17.3 Å². The fourth-order valence-electron chi connectivity index (χ4n) is 3.98. The monoisotopic (exact) mass is 262 g/mol. The number of fused-ring (bicyclic) bond motifs is 1. The molecule has 1 saturated carbocycles. The van der Waals surface area contributed by atoms with Crippen molar-refractivity contribution in [1.82, 2.24) is 0 Å². The van der Waals surface area contributed by atoms with Crippen LogP contribution >= 0.6 is 0 Å². The van der Waals surface area contributed by atoms with Gasteiger partial charge in [0.15, 0.2) is 0 Å². The Hall–Kier alpha value is -1.05. The average molecular weight is 262 g/mol. The molecule has 0 aromatic rings. The van der Waals surface area contributed by atoms with Gasteiger partial charge in [0.2, 0.25) is 0 Å². The molecule has 0 N–H and O–H groups in total. The summed E-state index contributed by atoms with van der Waals surface area (Å²) in [5, 5.41) is 0. The maximum absolute atomic E-state index is 11.4. The topological polar surface area (TPSA) is 26.3 Å². The molecule has 19 heavy (non-hydrogen) atoms. The summed E-state index contributed by atoms with van der Waals surface area (Å²) in [7, 11) is 0. The Kier molecular flexibility index (Phi) is 3.89. The van der Waals surface area contributed by atoms with E-state index >= 15 is 0 Å². The van der Waals surface area contributed by atoms with Crippen molar-refractivity contribution in [2.45, 2.75) is 59.5 Å². The van der Waals surface area contributed by atoms with Crippen molar-refractivity contribution in [1.29, 1.82) is 0 Å². The first-order chi connectivity index (χ1) is 8.84. The zero-order valence-electron chi connectivity index (χ0n) is 12.7. The van der Waals surface area contributed by atoms with Gasteiger partial charge in [-0.3, -0.25) is 4.79 Å². The Bertz CT molecular complexity index is 421. The summed E-state index contributed by atoms with van der Waals surface area (Å²) >= 11 is 0. The molecular formula is C17H26O2. The molecule has 0 bridgehead atoms. The molecular weight excluding hydrogens is 236 g/mol. The van der Waals surface area contributed by atoms with Crippen LogP contribution in [0.3, 0.4) is 0 Å². The third kappa shape index (κ3) is 2.63. The van der Waals surface area contributed by atoms with Crippen LogP contribution in [-0.2, 0) is 9.53 Å². The summed E-state index contributed by atoms with van der Waals surface area (Å²) < 4.78 is 5.69. The molecule has 0 aromatic heterocycles. The third-order valence-corrected chi connectivity index (χ3v) is 5.25. The molecule has 1 fully saturated rings. The Morgan fingerprint density at radius 1 is 1.42 bits per heavy atom. The second kappa shape index (κ2) is 5.15. The number of allylic oxidation sites excluding steroid dienone is 3. The molecule has 2 aliphatic rings. The normalized spacial score (nSPS) is 38.1. The van der Waals surface area contributed by atoms with Crippen LogP contribution in [0.4, 0.5) is 0 Å². The van der Waals surface area contributed by atoms with E-state index in [2.05, 4.69) is 33.4 Å². The van der Waals surface area contributed by atoms with Crippen molar-refractivity contribution in [3.63, 3.8) is 0 Å². The first-order valence-electron chi connectivity index (χ1n) is 7.34. The lowest BCUT2D eigenvalue weighted by Crippen LogP contribution is -2.49. The van der Waals surface area contributed by atoms with Gasteiger partial charge in [0.25, 0.3) is 0 Å². The van der Waals surface area contributed by atoms with Crippen LogP contribution in [0.25, 0.3) is 0 Å². The van der Waals surface area contributed by atoms with Crippen LogP contribution in [-0.4, -0.2) is 12.1 Å². The second-order valence-electron chi connectivity index (χ2n) is 6.66. The number of ether oxygens (including phenoxy) is 1. The van der Waals surface area contributed by atoms with Gasteiger partial charge in [-0.15, -0.1) is 0 Å². The predicted molar refractivity (Wildman–Crippen MR) is 77.7 cm³/mol. The molecule has 2 aliphatic carbocycles. The van der Waals surface area contributed by atoms with Crippen molar-refractivity contribution in [3.8, 4) is 0 Å². The first kappa shape index (κ1) is 14.4. The van der Waals surface area contributed by atoms with Gasteiger partial charge in [0.1, 0.15) is 6.10 Å². The molecule has 106 valence electrons. The molecule has 2 nitrogen and oxygen atoms in total. The van der Waals surface area contributed by atoms with E-state index in [1.165, 1.54) is 18.1 Å². The Morgan fingerprint density at radius 2 is 2.11 bits per heavy atom. The minimum Gasteiger partial charge on any atom is -0.462 e. The molecule has 0 spiro atoms. The van der Waals surface area contributed by atoms with Crippen molar-refractivity contribution >= 4 is 5.97 Å². The van der Waals surface area contributed by atoms with E-state index in [1.54, 1.807) is 0 Å². The summed E-state index contributed by atoms with van der Waals surface area (Å²) in [5.41, 5.74) is 2.80. The molecule has 0 radical (unpaired) electrons. The molecule has 4 atom stereocenters. The Balaban J connectivity index is 2.32. The predicted octanol–water partition coefficient (Wildman–Crippen LogP) is 4.27. The fraction of sp³-hybridized carbons (Fsp3) is 0.706. The second-order valence-corrected chi connectivity index (χ2v) is 6.66. The van der Waals surface area contributed by atoms with Crippen LogP contribution < -0.4 is 0 Å². The lowest BCUT2D eigenvalue weighted by molar-refractivity contribution is -0.162. The molecule has 0 saturated heterocycles. The minimum atomic E-state index is -0.153. The summed E-state index contributed by atoms with van der Waals surface area (Å²) in [6.07, 6.45) is 6.72. The lowest BCUT2D eigenvalue weighted by atomic mass is 9.56. The zero-order chi connectivity index (χ0) is 14.2. The number of carbonyl (C=O) groups is 1. The summed E-state index contributed by atoms with van der Waals surface area (Å²) in [4.78, 5) is 11.4. The van der Waals surface area contributed by atoms with Crippen LogP contribution in [0.2, 0.25) is 0 Å². The average Bonchev–Trinajstić information content (AvgIpc) is 2.29. The van der Waals surface area contributed by atoms with Gasteiger partial charge in [-0.1, -0.05) is 30.7 Å². The quantitative estimate of drug-likeness (QED) is 0.549. The highest BCUT2D eigenvalue weighted by atomic mass is 16.5. The highest BCUT2D eigenvalue weighted by Crippen LogP contribution is 2.54. The number of rotatable bonds is 2. The molecule has 0 heterocycles. The number of carbonyl (C=O) groups excluding carboxylic acids is 1. The Labute approximate surface area is 116 Å². The molecule has 0 amide bonds. The van der Waals surface area contributed by atoms with Crippen LogP contribution in [0.1, 0.15) is 53.4 Å². The standard InChI is InChI=1S/C17H26O2/c1-11(2)14-9-15-12(3)7-6-8-17(15,5)16(10-14)19-13(4)18/h7,14-16H,1,6,8-10H2,2-5H3/t14-,15+,16-,17-/m0/s1. The van der Waals surface area contributed by atoms with Gasteiger partial charge < -0.3 is 4.74 Å². The smallest absolute Gasteiger partial charge is 0.302 e. The van der Waals surface area contributed by atoms with E-state index in [-0.39, 0.29) is 17.5 Å². The summed E-state index contributed by atoms with van der Waals surface area (Å²) in [5.74, 6) is 0.851. The fourth-order valence-corrected chi connectivity index (χ4v) is 3.98. The van der Waals surface area contributed by atoms with E-state index in [4.69, 9.17) is 4.74 Å². The molecule has 2 rings (SSSR count). The maximum Gasteiger partial charge on any atom is 0.302 e. The SMILES string of the molecule is C=C(C)[C@@H]1C[C@H](OC(C)=O)[C@@]2(C)CCC=C(C)[C@H]2C1. The highest BCUT2D eigenvalue weighted by Gasteiger charge is 2.49. The van der Waals surface area contributed by atoms with E-state index < -0.39 is 0 Å². The van der Waals surface area contributed by atoms with Crippen LogP contribution in [0.5, 0.6) is 0 Å². The first-order valence-corrected chi connectivity index (χ1v) is 7.34. The van der Waals surface area contributed by atoms with Gasteiger partial charge in [0, 0.05) is 12.3 Å². The van der Waals surface area contributed by atoms with Crippen molar-refractivity contribution in [2.24, 2.45) is 17.3 Å². The Morgan fingerprint density at radius 3 is 2.68 bits per heavy atom. The van der Waals surface area contributed by atoms with Gasteiger partial charge in [0.05, 0.1) is 0 Å². The molecule has 2 heteroatoms. The number of hydrogen-bond donors (Lipinski definition) is 0. The minimum absolute atomic E-state index is 0.0362. The molecule has 0 aromatic carbocycles. The van der Waals surface area contributed by atoms with Crippen molar-refractivity contribution < 1.29 is 9.53 Å². The summed E-state index contributed by atoms with van der Waals surface area (Å²) in [6.45, 7) is 12.3. The zero-order valence-corrected chi connectivity index (χ0v) is 12.7. The number of hydrogen-bond acceptors (Lipinski definition) is 2. The summed E-state index contributed by atoms with van der Waals surface area (Å²) in [6, 6.07) is 0. The largest absolute Gasteiger partial charge is 0.462 e. The molecule has 0 unspecified atom stereocenters. The van der Waals surface area contributed by atoms with Gasteiger partial charge in [-0.2, -0.15) is 0 Å². The number of esters is 1. The lowest BCUT2D eigenvalue weighted by Gasteiger charge is -2.51. The maximum atomic E-state index is 11.4. The van der Waals surface area contributed by atoms with E-state index in [0.717, 1.165) is 25.7 Å². The van der Waals surface area contributed by atoms with Crippen LogP contribution in [0.15, 0.2) is 23.8 Å². The van der Waals surface area contributed by atoms with E-state index in [9.17, 15) is 4.79 Å². The van der Waals surface area contributed by atoms with Gasteiger partial charge in [-0.05, 0) is 51.4 Å². The van der Waals surface area contributed by atoms with Crippen molar-refractivity contribution in [3.05, 3.63) is 23.8 Å².